The molecule has 1 fully saturated rings. The Kier molecular flexibility index (Phi) is 12.0. The van der Waals surface area contributed by atoms with E-state index in [9.17, 15) is 14.4 Å². The van der Waals surface area contributed by atoms with Crippen LogP contribution in [0.15, 0.2) is 53.5 Å². The minimum absolute atomic E-state index is 0.0319. The van der Waals surface area contributed by atoms with E-state index in [1.807, 2.05) is 44.2 Å². The number of esters is 1. The molecule has 1 aliphatic rings. The van der Waals surface area contributed by atoms with Crippen molar-refractivity contribution in [3.63, 3.8) is 0 Å². The Labute approximate surface area is 264 Å². The Morgan fingerprint density at radius 2 is 1.64 bits per heavy atom. The number of alkyl carbamates (subject to hydrolysis) is 1. The first-order valence-corrected chi connectivity index (χ1v) is 14.9. The molecule has 1 unspecified atom stereocenters. The van der Waals surface area contributed by atoms with E-state index in [0.717, 1.165) is 5.56 Å². The lowest BCUT2D eigenvalue weighted by Gasteiger charge is -2.35. The van der Waals surface area contributed by atoms with Crippen LogP contribution < -0.4 is 16.0 Å². The molecule has 1 aliphatic heterocycles. The van der Waals surface area contributed by atoms with Gasteiger partial charge in [-0.05, 0) is 71.6 Å². The highest BCUT2D eigenvalue weighted by atomic mass is 35.5. The predicted octanol–water partition coefficient (Wildman–Crippen LogP) is 6.29. The molecule has 0 saturated carbocycles. The minimum Gasteiger partial charge on any atom is -0.469 e. The van der Waals surface area contributed by atoms with Crippen LogP contribution in [0.3, 0.4) is 0 Å². The van der Waals surface area contributed by atoms with Crippen LogP contribution in [0.2, 0.25) is 5.02 Å². The highest BCUT2D eigenvalue weighted by molar-refractivity contribution is 6.34. The molecule has 11 nitrogen and oxygen atoms in total. The molecule has 3 N–H and O–H groups in total. The lowest BCUT2D eigenvalue weighted by Crippen LogP contribution is -2.53. The number of methoxy groups -OCH3 is 1. The first-order chi connectivity index (χ1) is 20.7. The molecule has 0 spiro atoms. The molecule has 0 aromatic heterocycles. The quantitative estimate of drug-likeness (QED) is 0.134. The Hall–Kier alpha value is -3.83. The molecule has 1 heterocycles. The average Bonchev–Trinajstić information content (AvgIpc) is 2.91. The van der Waals surface area contributed by atoms with E-state index in [0.29, 0.717) is 18.4 Å². The van der Waals surface area contributed by atoms with Gasteiger partial charge in [-0.2, -0.15) is 0 Å². The minimum atomic E-state index is -1.26. The number of guanidine groups is 1. The second-order valence-electron chi connectivity index (χ2n) is 12.1. The van der Waals surface area contributed by atoms with Gasteiger partial charge in [0.15, 0.2) is 0 Å². The van der Waals surface area contributed by atoms with Crippen LogP contribution in [0, 0.1) is 0 Å². The molecule has 3 rings (SSSR count). The third kappa shape index (κ3) is 10.7. The number of nitrogens with one attached hydrogen (secondary N) is 3. The summed E-state index contributed by atoms with van der Waals surface area (Å²) < 4.78 is 21.7. The summed E-state index contributed by atoms with van der Waals surface area (Å²) in [6, 6.07) is 14.1. The zero-order valence-corrected chi connectivity index (χ0v) is 27.1. The van der Waals surface area contributed by atoms with Crippen molar-refractivity contribution >= 4 is 41.4 Å². The molecule has 0 radical (unpaired) electrons. The highest BCUT2D eigenvalue weighted by Crippen LogP contribution is 2.36. The van der Waals surface area contributed by atoms with Crippen molar-refractivity contribution in [1.82, 2.24) is 10.6 Å². The predicted molar refractivity (Wildman–Crippen MR) is 169 cm³/mol. The van der Waals surface area contributed by atoms with E-state index in [2.05, 4.69) is 16.0 Å². The Bertz CT molecular complexity index is 1320. The Balaban J connectivity index is 1.94. The van der Waals surface area contributed by atoms with Crippen molar-refractivity contribution in [3.05, 3.63) is 64.7 Å². The fourth-order valence-corrected chi connectivity index (χ4v) is 5.29. The molecule has 2 aromatic carbocycles. The number of carbonyl (C=O) groups is 3. The van der Waals surface area contributed by atoms with Gasteiger partial charge < -0.3 is 24.3 Å². The maximum absolute atomic E-state index is 12.9. The number of aliphatic imine (C=N–C) groups is 1. The second-order valence-corrected chi connectivity index (χ2v) is 12.4. The lowest BCUT2D eigenvalue weighted by molar-refractivity contribution is -0.142. The van der Waals surface area contributed by atoms with Crippen molar-refractivity contribution in [1.29, 1.82) is 0 Å². The monoisotopic (exact) mass is 630 g/mol. The van der Waals surface area contributed by atoms with Crippen LogP contribution in [0.4, 0.5) is 15.3 Å². The summed E-state index contributed by atoms with van der Waals surface area (Å²) >= 11 is 6.86. The molecule has 0 aliphatic carbocycles. The van der Waals surface area contributed by atoms with Gasteiger partial charge in [0.25, 0.3) is 0 Å². The van der Waals surface area contributed by atoms with Crippen molar-refractivity contribution in [2.45, 2.75) is 96.8 Å². The van der Waals surface area contributed by atoms with E-state index in [1.165, 1.54) is 7.11 Å². The summed E-state index contributed by atoms with van der Waals surface area (Å²) in [6.45, 7) is 11.0. The zero-order valence-electron chi connectivity index (χ0n) is 26.4. The average molecular weight is 631 g/mol. The van der Waals surface area contributed by atoms with E-state index in [4.69, 9.17) is 35.5 Å². The maximum atomic E-state index is 12.9. The summed E-state index contributed by atoms with van der Waals surface area (Å²) in [5, 5.41) is 8.80. The van der Waals surface area contributed by atoms with Crippen LogP contribution in [-0.4, -0.2) is 55.1 Å². The van der Waals surface area contributed by atoms with Crippen molar-refractivity contribution in [3.8, 4) is 0 Å². The first kappa shape index (κ1) is 34.7. The van der Waals surface area contributed by atoms with Crippen LogP contribution >= 0.6 is 11.6 Å². The molecular weight excluding hydrogens is 588 g/mol. The van der Waals surface area contributed by atoms with Gasteiger partial charge in [-0.25, -0.2) is 14.6 Å². The van der Waals surface area contributed by atoms with Gasteiger partial charge in [0.1, 0.15) is 12.2 Å². The smallest absolute Gasteiger partial charge is 0.414 e. The number of halogens is 1. The number of amides is 2. The lowest BCUT2D eigenvalue weighted by atomic mass is 9.88. The number of ether oxygens (including phenoxy) is 4. The largest absolute Gasteiger partial charge is 0.469 e. The summed E-state index contributed by atoms with van der Waals surface area (Å²) in [5.41, 5.74) is -0.477. The maximum Gasteiger partial charge on any atom is 0.414 e. The normalized spacial score (nSPS) is 20.1. The zero-order chi connectivity index (χ0) is 32.5. The molecule has 4 atom stereocenters. The van der Waals surface area contributed by atoms with E-state index < -0.39 is 29.3 Å². The fraction of sp³-hybridized carbons (Fsp3) is 0.500. The van der Waals surface area contributed by atoms with Crippen molar-refractivity contribution < 1.29 is 33.3 Å². The molecule has 44 heavy (non-hydrogen) atoms. The topological polar surface area (TPSA) is 137 Å². The van der Waals surface area contributed by atoms with Crippen molar-refractivity contribution in [2.24, 2.45) is 4.99 Å². The van der Waals surface area contributed by atoms with Gasteiger partial charge in [0.05, 0.1) is 48.0 Å². The van der Waals surface area contributed by atoms with Gasteiger partial charge in [-0.15, -0.1) is 0 Å². The van der Waals surface area contributed by atoms with Crippen LogP contribution in [0.1, 0.15) is 71.9 Å². The molecule has 2 aromatic rings. The summed E-state index contributed by atoms with van der Waals surface area (Å²) in [7, 11) is 1.28. The SMILES string of the molecule is COC(=O)C[C@@](C)(NC(=NC1C[C@@H](C)O[C@@H](C)C1)NC(=O)OC(C)(C)C)c1cccc(NC(=O)OCc2ccccc2)c1Cl. The standard InChI is InChI=1S/C32H43ClN4O7/c1-20-16-23(17-21(2)43-20)34-28(36-30(40)44-31(3,4)5)37-32(6,18-26(38)41-7)24-14-11-15-25(27(24)33)35-29(39)42-19-22-12-9-8-10-13-22/h8-15,20-21,23H,16-19H2,1-7H3,(H,35,39)(H2,34,36,37,40)/t20-,21+,23?,32-/m1/s1. The van der Waals surface area contributed by atoms with Crippen LogP contribution in [0.5, 0.6) is 0 Å². The van der Waals surface area contributed by atoms with Gasteiger partial charge in [-0.3, -0.25) is 15.4 Å². The number of anilines is 1. The number of rotatable bonds is 8. The summed E-state index contributed by atoms with van der Waals surface area (Å²) in [6.07, 6.45) is -0.423. The van der Waals surface area contributed by atoms with E-state index in [1.54, 1.807) is 45.9 Å². The Morgan fingerprint density at radius 1 is 0.977 bits per heavy atom. The summed E-state index contributed by atoms with van der Waals surface area (Å²) in [5.74, 6) is -0.449. The third-order valence-corrected chi connectivity index (χ3v) is 7.17. The second kappa shape index (κ2) is 15.3. The van der Waals surface area contributed by atoms with Crippen molar-refractivity contribution in [2.75, 3.05) is 12.4 Å². The number of carbonyl (C=O) groups excluding carboxylic acids is 3. The molecule has 2 amide bonds. The fourth-order valence-electron chi connectivity index (χ4n) is 4.91. The van der Waals surface area contributed by atoms with Crippen LogP contribution in [-0.2, 0) is 35.9 Å². The van der Waals surface area contributed by atoms with Gasteiger partial charge in [-0.1, -0.05) is 54.1 Å². The highest BCUT2D eigenvalue weighted by Gasteiger charge is 2.36. The van der Waals surface area contributed by atoms with Gasteiger partial charge >= 0.3 is 18.2 Å². The first-order valence-electron chi connectivity index (χ1n) is 14.5. The van der Waals surface area contributed by atoms with Gasteiger partial charge in [0.2, 0.25) is 5.96 Å². The number of benzene rings is 2. The molecule has 1 saturated heterocycles. The molecule has 0 bridgehead atoms. The number of hydrogen-bond acceptors (Lipinski definition) is 8. The Morgan fingerprint density at radius 3 is 2.25 bits per heavy atom. The van der Waals surface area contributed by atoms with E-state index >= 15 is 0 Å². The molecule has 12 heteroatoms. The summed E-state index contributed by atoms with van der Waals surface area (Å²) in [4.78, 5) is 43.1. The number of nitrogens with zero attached hydrogens (tertiary/aromatic N) is 1. The third-order valence-electron chi connectivity index (χ3n) is 6.77. The van der Waals surface area contributed by atoms with Crippen LogP contribution in [0.25, 0.3) is 0 Å². The molecule has 240 valence electrons. The number of hydrogen-bond donors (Lipinski definition) is 3. The van der Waals surface area contributed by atoms with Gasteiger partial charge in [0, 0.05) is 0 Å². The molecular formula is C32H43ClN4O7. The van der Waals surface area contributed by atoms with E-state index in [-0.39, 0.29) is 47.9 Å².